The van der Waals surface area contributed by atoms with Crippen molar-refractivity contribution in [2.45, 2.75) is 96.8 Å². The minimum Gasteiger partial charge on any atom is -0.388 e. The summed E-state index contributed by atoms with van der Waals surface area (Å²) in [6, 6.07) is 4.47. The van der Waals surface area contributed by atoms with E-state index in [1.165, 1.54) is 12.1 Å². The molecule has 184 valence electrons. The van der Waals surface area contributed by atoms with Crippen LogP contribution < -0.4 is 0 Å². The van der Waals surface area contributed by atoms with E-state index in [1.54, 1.807) is 0 Å². The number of fused-ring (bicyclic) bond motifs is 1. The first-order valence-electron chi connectivity index (χ1n) is 12.4. The van der Waals surface area contributed by atoms with Crippen LogP contribution in [0.1, 0.15) is 128 Å². The molecule has 1 aromatic carbocycles. The summed E-state index contributed by atoms with van der Waals surface area (Å²) < 4.78 is 39.3. The molecule has 1 aromatic heterocycles. The number of ketones is 1. The Morgan fingerprint density at radius 3 is 2.35 bits per heavy atom. The van der Waals surface area contributed by atoms with Crippen LogP contribution in [0, 0.1) is 5.41 Å². The first kappa shape index (κ1) is 24.9. The maximum atomic E-state index is 13.9. The fourth-order valence-electron chi connectivity index (χ4n) is 5.75. The van der Waals surface area contributed by atoms with E-state index in [1.807, 2.05) is 0 Å². The molecule has 34 heavy (non-hydrogen) atoms. The molecule has 2 atom stereocenters. The number of carbonyl (C=O) groups excluding carboxylic acids is 1. The van der Waals surface area contributed by atoms with Gasteiger partial charge in [0.05, 0.1) is 17.4 Å². The van der Waals surface area contributed by atoms with Crippen molar-refractivity contribution in [3.8, 4) is 0 Å². The molecule has 1 heterocycles. The minimum absolute atomic E-state index is 0.0150. The molecule has 1 N–H and O–H groups in total. The molecule has 0 saturated heterocycles. The number of benzene rings is 1. The second kappa shape index (κ2) is 9.10. The SMILES string of the molecule is CCC(C)c1c(C(=O)c2ccc(C(F)(F)F)cc2)c(C2CCCC2)nc2c1[C@@H](O)CC(C)(C)C2. The molecule has 0 aliphatic heterocycles. The highest BCUT2D eigenvalue weighted by Gasteiger charge is 2.39. The average molecular weight is 474 g/mol. The Hall–Kier alpha value is -2.21. The van der Waals surface area contributed by atoms with Gasteiger partial charge < -0.3 is 5.11 Å². The third-order valence-corrected chi connectivity index (χ3v) is 7.66. The van der Waals surface area contributed by atoms with Gasteiger partial charge in [-0.2, -0.15) is 13.2 Å². The number of aromatic nitrogens is 1. The van der Waals surface area contributed by atoms with Crippen molar-refractivity contribution in [3.63, 3.8) is 0 Å². The lowest BCUT2D eigenvalue weighted by atomic mass is 9.70. The molecule has 1 fully saturated rings. The minimum atomic E-state index is -4.46. The zero-order valence-corrected chi connectivity index (χ0v) is 20.4. The van der Waals surface area contributed by atoms with Crippen LogP contribution in [0.15, 0.2) is 24.3 Å². The molecule has 0 bridgehead atoms. The topological polar surface area (TPSA) is 50.2 Å². The Bertz CT molecular complexity index is 1070. The molecule has 6 heteroatoms. The van der Waals surface area contributed by atoms with Crippen molar-refractivity contribution in [2.75, 3.05) is 0 Å². The average Bonchev–Trinajstić information content (AvgIpc) is 3.30. The fourth-order valence-corrected chi connectivity index (χ4v) is 5.75. The van der Waals surface area contributed by atoms with Crippen LogP contribution in [0.25, 0.3) is 0 Å². The summed E-state index contributed by atoms with van der Waals surface area (Å²) >= 11 is 0. The van der Waals surface area contributed by atoms with Crippen molar-refractivity contribution in [3.05, 3.63) is 63.5 Å². The van der Waals surface area contributed by atoms with Gasteiger partial charge in [-0.25, -0.2) is 0 Å². The number of hydrogen-bond acceptors (Lipinski definition) is 3. The molecule has 4 rings (SSSR count). The summed E-state index contributed by atoms with van der Waals surface area (Å²) in [5.74, 6) is -0.122. The van der Waals surface area contributed by atoms with Gasteiger partial charge in [-0.3, -0.25) is 9.78 Å². The molecule has 1 unspecified atom stereocenters. The van der Waals surface area contributed by atoms with Gasteiger partial charge in [0.1, 0.15) is 0 Å². The Morgan fingerprint density at radius 2 is 1.79 bits per heavy atom. The number of pyridine rings is 1. The highest BCUT2D eigenvalue weighted by Crippen LogP contribution is 2.47. The number of rotatable bonds is 5. The van der Waals surface area contributed by atoms with E-state index in [-0.39, 0.29) is 28.6 Å². The van der Waals surface area contributed by atoms with Crippen LogP contribution >= 0.6 is 0 Å². The number of halogens is 3. The van der Waals surface area contributed by atoms with Gasteiger partial charge in [0, 0.05) is 28.3 Å². The molecular formula is C28H34F3NO2. The number of alkyl halides is 3. The second-order valence-electron chi connectivity index (χ2n) is 10.9. The van der Waals surface area contributed by atoms with Crippen LogP contribution in [-0.2, 0) is 12.6 Å². The normalized spacial score (nSPS) is 21.4. The van der Waals surface area contributed by atoms with Gasteiger partial charge in [0.2, 0.25) is 0 Å². The monoisotopic (exact) mass is 473 g/mol. The predicted octanol–water partition coefficient (Wildman–Crippen LogP) is 7.51. The second-order valence-corrected chi connectivity index (χ2v) is 10.9. The van der Waals surface area contributed by atoms with Crippen molar-refractivity contribution in [1.82, 2.24) is 4.98 Å². The van der Waals surface area contributed by atoms with Crippen molar-refractivity contribution >= 4 is 5.78 Å². The predicted molar refractivity (Wildman–Crippen MR) is 126 cm³/mol. The van der Waals surface area contributed by atoms with E-state index in [2.05, 4.69) is 27.7 Å². The van der Waals surface area contributed by atoms with Crippen molar-refractivity contribution in [2.24, 2.45) is 5.41 Å². The number of aliphatic hydroxyl groups excluding tert-OH is 1. The van der Waals surface area contributed by atoms with Gasteiger partial charge >= 0.3 is 6.18 Å². The van der Waals surface area contributed by atoms with Gasteiger partial charge in [-0.1, -0.05) is 52.7 Å². The summed E-state index contributed by atoms with van der Waals surface area (Å²) in [6.45, 7) is 8.36. The van der Waals surface area contributed by atoms with Crippen LogP contribution in [-0.4, -0.2) is 15.9 Å². The van der Waals surface area contributed by atoms with E-state index in [0.29, 0.717) is 12.0 Å². The summed E-state index contributed by atoms with van der Waals surface area (Å²) in [5, 5.41) is 11.2. The zero-order valence-electron chi connectivity index (χ0n) is 20.4. The molecule has 3 nitrogen and oxygen atoms in total. The third-order valence-electron chi connectivity index (χ3n) is 7.66. The summed E-state index contributed by atoms with van der Waals surface area (Å²) in [6.07, 6.45) is 0.975. The molecule has 1 saturated carbocycles. The highest BCUT2D eigenvalue weighted by atomic mass is 19.4. The van der Waals surface area contributed by atoms with E-state index < -0.39 is 17.8 Å². The molecule has 0 radical (unpaired) electrons. The van der Waals surface area contributed by atoms with Crippen LogP contribution in [0.3, 0.4) is 0 Å². The van der Waals surface area contributed by atoms with E-state index in [9.17, 15) is 23.1 Å². The number of nitrogens with zero attached hydrogens (tertiary/aromatic N) is 1. The van der Waals surface area contributed by atoms with Crippen LogP contribution in [0.2, 0.25) is 0 Å². The number of aliphatic hydroxyl groups is 1. The summed E-state index contributed by atoms with van der Waals surface area (Å²) in [4.78, 5) is 19.0. The van der Waals surface area contributed by atoms with E-state index >= 15 is 0 Å². The lowest BCUT2D eigenvalue weighted by molar-refractivity contribution is -0.137. The number of hydrogen-bond donors (Lipinski definition) is 1. The maximum absolute atomic E-state index is 13.9. The Kier molecular flexibility index (Phi) is 6.67. The van der Waals surface area contributed by atoms with E-state index in [4.69, 9.17) is 4.98 Å². The van der Waals surface area contributed by atoms with Gasteiger partial charge in [-0.15, -0.1) is 0 Å². The summed E-state index contributed by atoms with van der Waals surface area (Å²) in [5.41, 5.74) is 3.14. The van der Waals surface area contributed by atoms with Crippen LogP contribution in [0.4, 0.5) is 13.2 Å². The zero-order chi connectivity index (χ0) is 24.8. The van der Waals surface area contributed by atoms with Crippen molar-refractivity contribution in [1.29, 1.82) is 0 Å². The Morgan fingerprint density at radius 1 is 1.18 bits per heavy atom. The van der Waals surface area contributed by atoms with Gasteiger partial charge in [-0.05, 0) is 61.1 Å². The lowest BCUT2D eigenvalue weighted by Gasteiger charge is -2.37. The molecule has 2 aliphatic carbocycles. The van der Waals surface area contributed by atoms with Crippen LogP contribution in [0.5, 0.6) is 0 Å². The molecule has 2 aromatic rings. The molecule has 0 spiro atoms. The lowest BCUT2D eigenvalue weighted by Crippen LogP contribution is -2.30. The quantitative estimate of drug-likeness (QED) is 0.457. The Labute approximate surface area is 199 Å². The maximum Gasteiger partial charge on any atom is 0.416 e. The number of carbonyl (C=O) groups is 1. The van der Waals surface area contributed by atoms with Gasteiger partial charge in [0.25, 0.3) is 0 Å². The standard InChI is InChI=1S/C28H34F3NO2/c1-5-16(2)22-23-20(14-27(3,4)15-21(23)33)32-25(17-8-6-7-9-17)24(22)26(34)18-10-12-19(13-11-18)28(29,30)31/h10-13,16-17,21,33H,5-9,14-15H2,1-4H3/t16?,21-/m0/s1. The first-order chi connectivity index (χ1) is 15.9. The summed E-state index contributed by atoms with van der Waals surface area (Å²) in [7, 11) is 0. The fraction of sp³-hybridized carbons (Fsp3) is 0.571. The molecule has 0 amide bonds. The first-order valence-corrected chi connectivity index (χ1v) is 12.4. The van der Waals surface area contributed by atoms with Gasteiger partial charge in [0.15, 0.2) is 5.78 Å². The highest BCUT2D eigenvalue weighted by molar-refractivity contribution is 6.11. The van der Waals surface area contributed by atoms with E-state index in [0.717, 1.165) is 73.2 Å². The smallest absolute Gasteiger partial charge is 0.388 e. The molecule has 2 aliphatic rings. The molecular weight excluding hydrogens is 439 g/mol. The third kappa shape index (κ3) is 4.66. The van der Waals surface area contributed by atoms with Crippen molar-refractivity contribution < 1.29 is 23.1 Å². The largest absolute Gasteiger partial charge is 0.416 e. The Balaban J connectivity index is 1.94.